The van der Waals surface area contributed by atoms with Crippen LogP contribution in [-0.2, 0) is 14.3 Å². The molecule has 0 saturated heterocycles. The lowest BCUT2D eigenvalue weighted by atomic mass is 10.3. The van der Waals surface area contributed by atoms with Crippen molar-refractivity contribution in [3.63, 3.8) is 0 Å². The topological polar surface area (TPSA) is 108 Å². The maximum atomic E-state index is 11.7. The predicted octanol–water partition coefficient (Wildman–Crippen LogP) is 1.04. The third-order valence-corrected chi connectivity index (χ3v) is 2.44. The van der Waals surface area contributed by atoms with Crippen molar-refractivity contribution < 1.29 is 24.0 Å². The van der Waals surface area contributed by atoms with Crippen LogP contribution in [0.15, 0.2) is 24.3 Å². The van der Waals surface area contributed by atoms with Gasteiger partial charge in [-0.3, -0.25) is 19.7 Å². The summed E-state index contributed by atoms with van der Waals surface area (Å²) in [5.41, 5.74) is -0.0678. The van der Waals surface area contributed by atoms with E-state index in [9.17, 15) is 19.7 Å². The van der Waals surface area contributed by atoms with Crippen molar-refractivity contribution in [3.05, 3.63) is 34.4 Å². The Morgan fingerprint density at radius 2 is 1.95 bits per heavy atom. The van der Waals surface area contributed by atoms with Gasteiger partial charge >= 0.3 is 5.97 Å². The van der Waals surface area contributed by atoms with E-state index in [1.54, 1.807) is 6.92 Å². The van der Waals surface area contributed by atoms with Crippen molar-refractivity contribution >= 4 is 17.6 Å². The number of non-ortho nitro benzene ring substituents is 1. The average molecular weight is 296 g/mol. The van der Waals surface area contributed by atoms with Crippen molar-refractivity contribution in [2.75, 3.05) is 13.2 Å². The Kier molecular flexibility index (Phi) is 6.12. The zero-order valence-electron chi connectivity index (χ0n) is 11.7. The number of carbonyl (C=O) groups is 2. The van der Waals surface area contributed by atoms with Crippen LogP contribution in [0.2, 0.25) is 0 Å². The Bertz CT molecular complexity index is 514. The highest BCUT2D eigenvalue weighted by Crippen LogP contribution is 2.18. The number of amides is 1. The molecule has 0 saturated carbocycles. The number of esters is 1. The van der Waals surface area contributed by atoms with Gasteiger partial charge in [0.05, 0.1) is 11.5 Å². The number of nitrogens with zero attached hydrogens (tertiary/aromatic N) is 1. The van der Waals surface area contributed by atoms with E-state index in [4.69, 9.17) is 4.74 Å². The average Bonchev–Trinajstić information content (AvgIpc) is 2.45. The molecule has 8 nitrogen and oxygen atoms in total. The lowest BCUT2D eigenvalue weighted by molar-refractivity contribution is -0.384. The summed E-state index contributed by atoms with van der Waals surface area (Å²) in [4.78, 5) is 32.7. The summed E-state index contributed by atoms with van der Waals surface area (Å²) in [6.45, 7) is 3.17. The van der Waals surface area contributed by atoms with Crippen LogP contribution in [0.3, 0.4) is 0 Å². The first-order valence-corrected chi connectivity index (χ1v) is 6.28. The highest BCUT2D eigenvalue weighted by atomic mass is 16.6. The molecule has 1 atom stereocenters. The molecular formula is C13H16N2O6. The van der Waals surface area contributed by atoms with Crippen LogP contribution < -0.4 is 10.1 Å². The summed E-state index contributed by atoms with van der Waals surface area (Å²) < 4.78 is 9.98. The monoisotopic (exact) mass is 296 g/mol. The first-order chi connectivity index (χ1) is 9.93. The van der Waals surface area contributed by atoms with Crippen LogP contribution >= 0.6 is 0 Å². The molecule has 0 aliphatic carbocycles. The molecule has 1 aromatic rings. The second kappa shape index (κ2) is 7.83. The van der Waals surface area contributed by atoms with E-state index in [-0.39, 0.29) is 18.8 Å². The van der Waals surface area contributed by atoms with Crippen LogP contribution in [0, 0.1) is 10.1 Å². The number of hydrogen-bond donors (Lipinski definition) is 1. The van der Waals surface area contributed by atoms with Gasteiger partial charge in [0, 0.05) is 12.1 Å². The van der Waals surface area contributed by atoms with Gasteiger partial charge in [0.25, 0.3) is 11.6 Å². The first kappa shape index (κ1) is 16.4. The van der Waals surface area contributed by atoms with Crippen molar-refractivity contribution in [1.82, 2.24) is 5.32 Å². The SMILES string of the molecule is CCOC(=O)CNC(=O)C(C)Oc1ccc([N+](=O)[O-])cc1. The summed E-state index contributed by atoms with van der Waals surface area (Å²) in [6, 6.07) is 5.34. The van der Waals surface area contributed by atoms with Gasteiger partial charge in [-0.2, -0.15) is 0 Å². The summed E-state index contributed by atoms with van der Waals surface area (Å²) in [5.74, 6) is -0.700. The Labute approximate surface area is 121 Å². The standard InChI is InChI=1S/C13H16N2O6/c1-3-20-12(16)8-14-13(17)9(2)21-11-6-4-10(5-7-11)15(18)19/h4-7,9H,3,8H2,1-2H3,(H,14,17). The van der Waals surface area contributed by atoms with Gasteiger partial charge < -0.3 is 14.8 Å². The summed E-state index contributed by atoms with van der Waals surface area (Å²) in [5, 5.41) is 12.9. The van der Waals surface area contributed by atoms with Crippen molar-refractivity contribution in [2.24, 2.45) is 0 Å². The van der Waals surface area contributed by atoms with Gasteiger partial charge in [-0.05, 0) is 26.0 Å². The van der Waals surface area contributed by atoms with E-state index in [0.717, 1.165) is 0 Å². The van der Waals surface area contributed by atoms with Gasteiger partial charge in [-0.25, -0.2) is 0 Å². The minimum absolute atomic E-state index is 0.0678. The minimum atomic E-state index is -0.846. The molecule has 1 amide bonds. The maximum Gasteiger partial charge on any atom is 0.325 e. The number of carbonyl (C=O) groups excluding carboxylic acids is 2. The number of rotatable bonds is 7. The number of benzene rings is 1. The molecule has 0 heterocycles. The number of nitrogens with one attached hydrogen (secondary N) is 1. The quantitative estimate of drug-likeness (QED) is 0.457. The van der Waals surface area contributed by atoms with Crippen LogP contribution in [0.25, 0.3) is 0 Å². The van der Waals surface area contributed by atoms with Crippen molar-refractivity contribution in [3.8, 4) is 5.75 Å². The molecule has 0 aliphatic heterocycles. The molecule has 21 heavy (non-hydrogen) atoms. The van der Waals surface area contributed by atoms with E-state index in [0.29, 0.717) is 5.75 Å². The van der Waals surface area contributed by atoms with Crippen LogP contribution in [0.1, 0.15) is 13.8 Å². The van der Waals surface area contributed by atoms with Crippen LogP contribution in [0.5, 0.6) is 5.75 Å². The van der Waals surface area contributed by atoms with Crippen LogP contribution in [-0.4, -0.2) is 36.1 Å². The zero-order valence-corrected chi connectivity index (χ0v) is 11.7. The van der Waals surface area contributed by atoms with E-state index in [1.165, 1.54) is 31.2 Å². The molecule has 1 N–H and O–H groups in total. The van der Waals surface area contributed by atoms with Gasteiger partial charge in [0.2, 0.25) is 0 Å². The first-order valence-electron chi connectivity index (χ1n) is 6.28. The molecule has 0 radical (unpaired) electrons. The number of nitro groups is 1. The molecule has 0 bridgehead atoms. The highest BCUT2D eigenvalue weighted by molar-refractivity contribution is 5.84. The van der Waals surface area contributed by atoms with Gasteiger partial charge in [0.1, 0.15) is 12.3 Å². The molecule has 8 heteroatoms. The second-order valence-corrected chi connectivity index (χ2v) is 4.03. The number of nitro benzene ring substituents is 1. The van der Waals surface area contributed by atoms with Gasteiger partial charge in [-0.1, -0.05) is 0 Å². The van der Waals surface area contributed by atoms with Gasteiger partial charge in [-0.15, -0.1) is 0 Å². The summed E-state index contributed by atoms with van der Waals surface area (Å²) in [7, 11) is 0. The largest absolute Gasteiger partial charge is 0.481 e. The van der Waals surface area contributed by atoms with Crippen LogP contribution in [0.4, 0.5) is 5.69 Å². The highest BCUT2D eigenvalue weighted by Gasteiger charge is 2.16. The van der Waals surface area contributed by atoms with E-state index >= 15 is 0 Å². The third kappa shape index (κ3) is 5.47. The molecule has 114 valence electrons. The predicted molar refractivity (Wildman–Crippen MR) is 72.8 cm³/mol. The Morgan fingerprint density at radius 1 is 1.33 bits per heavy atom. The summed E-state index contributed by atoms with van der Waals surface area (Å²) in [6.07, 6.45) is -0.846. The molecule has 0 aromatic heterocycles. The molecule has 1 aromatic carbocycles. The fraction of sp³-hybridized carbons (Fsp3) is 0.385. The van der Waals surface area contributed by atoms with Crippen molar-refractivity contribution in [1.29, 1.82) is 0 Å². The van der Waals surface area contributed by atoms with Gasteiger partial charge in [0.15, 0.2) is 6.10 Å². The Hall–Kier alpha value is -2.64. The molecule has 0 fully saturated rings. The molecule has 1 unspecified atom stereocenters. The fourth-order valence-electron chi connectivity index (χ4n) is 1.42. The van der Waals surface area contributed by atoms with Crippen molar-refractivity contribution in [2.45, 2.75) is 20.0 Å². The normalized spacial score (nSPS) is 11.3. The molecule has 0 aliphatic rings. The summed E-state index contributed by atoms with van der Waals surface area (Å²) >= 11 is 0. The fourth-order valence-corrected chi connectivity index (χ4v) is 1.42. The van der Waals surface area contributed by atoms with E-state index < -0.39 is 22.9 Å². The Balaban J connectivity index is 2.48. The molecule has 1 rings (SSSR count). The lowest BCUT2D eigenvalue weighted by Gasteiger charge is -2.14. The Morgan fingerprint density at radius 3 is 2.48 bits per heavy atom. The smallest absolute Gasteiger partial charge is 0.325 e. The minimum Gasteiger partial charge on any atom is -0.481 e. The van der Waals surface area contributed by atoms with E-state index in [1.807, 2.05) is 0 Å². The molecular weight excluding hydrogens is 280 g/mol. The second-order valence-electron chi connectivity index (χ2n) is 4.03. The van der Waals surface area contributed by atoms with E-state index in [2.05, 4.69) is 10.1 Å². The zero-order chi connectivity index (χ0) is 15.8. The molecule has 0 spiro atoms. The lowest BCUT2D eigenvalue weighted by Crippen LogP contribution is -2.39. The maximum absolute atomic E-state index is 11.7. The third-order valence-electron chi connectivity index (χ3n) is 2.44. The number of hydrogen-bond acceptors (Lipinski definition) is 6. The number of ether oxygens (including phenoxy) is 2.